The average molecular weight is 279 g/mol. The smallest absolute Gasteiger partial charge is 0.147 e. The van der Waals surface area contributed by atoms with Crippen LogP contribution >= 0.6 is 11.3 Å². The van der Waals surface area contributed by atoms with Gasteiger partial charge in [0.05, 0.1) is 4.88 Å². The standard InChI is InChI=1S/C16H13N3S/c1-10-7-9-20-14(10)13-15(17)19-8-6-11-4-2-3-5-12(11)16(19)18-13/h2-9H,17H2,1H3. The fourth-order valence-corrected chi connectivity index (χ4v) is 3.49. The van der Waals surface area contributed by atoms with Gasteiger partial charge in [0, 0.05) is 11.6 Å². The van der Waals surface area contributed by atoms with Crippen LogP contribution in [0.1, 0.15) is 5.56 Å². The first kappa shape index (κ1) is 11.5. The second-order valence-electron chi connectivity index (χ2n) is 4.87. The Kier molecular flexibility index (Phi) is 2.35. The molecule has 3 aromatic heterocycles. The number of hydrogen-bond donors (Lipinski definition) is 1. The lowest BCUT2D eigenvalue weighted by molar-refractivity contribution is 1.21. The van der Waals surface area contributed by atoms with Crippen molar-refractivity contribution in [2.45, 2.75) is 6.92 Å². The Morgan fingerprint density at radius 1 is 1.15 bits per heavy atom. The van der Waals surface area contributed by atoms with Crippen LogP contribution in [0.3, 0.4) is 0 Å². The highest BCUT2D eigenvalue weighted by Crippen LogP contribution is 2.34. The summed E-state index contributed by atoms with van der Waals surface area (Å²) in [6.07, 6.45) is 1.99. The molecule has 4 rings (SSSR count). The van der Waals surface area contributed by atoms with Crippen molar-refractivity contribution in [1.82, 2.24) is 9.38 Å². The maximum absolute atomic E-state index is 6.30. The number of nitrogens with zero attached hydrogens (tertiary/aromatic N) is 2. The quantitative estimate of drug-likeness (QED) is 0.570. The first-order valence-corrected chi connectivity index (χ1v) is 7.33. The van der Waals surface area contributed by atoms with Crippen LogP contribution in [0.15, 0.2) is 48.0 Å². The number of imidazole rings is 1. The molecule has 0 unspecified atom stereocenters. The van der Waals surface area contributed by atoms with E-state index in [1.807, 2.05) is 22.7 Å². The Bertz CT molecular complexity index is 933. The van der Waals surface area contributed by atoms with Crippen LogP contribution < -0.4 is 5.73 Å². The Morgan fingerprint density at radius 3 is 2.80 bits per heavy atom. The molecule has 0 saturated carbocycles. The molecular weight excluding hydrogens is 266 g/mol. The van der Waals surface area contributed by atoms with E-state index in [1.165, 1.54) is 10.9 Å². The molecule has 0 saturated heterocycles. The lowest BCUT2D eigenvalue weighted by Gasteiger charge is -2.00. The van der Waals surface area contributed by atoms with E-state index < -0.39 is 0 Å². The van der Waals surface area contributed by atoms with Crippen molar-refractivity contribution in [2.75, 3.05) is 5.73 Å². The number of benzene rings is 1. The zero-order valence-corrected chi connectivity index (χ0v) is 11.8. The Hall–Kier alpha value is -2.33. The molecule has 20 heavy (non-hydrogen) atoms. The van der Waals surface area contributed by atoms with Gasteiger partial charge in [-0.2, -0.15) is 0 Å². The number of anilines is 1. The molecular formula is C16H13N3S. The molecule has 1 aromatic carbocycles. The summed E-state index contributed by atoms with van der Waals surface area (Å²) in [5, 5.41) is 4.38. The number of fused-ring (bicyclic) bond motifs is 3. The van der Waals surface area contributed by atoms with Crippen LogP contribution in [0.4, 0.5) is 5.82 Å². The number of nitrogens with two attached hydrogens (primary N) is 1. The van der Waals surface area contributed by atoms with Gasteiger partial charge in [-0.15, -0.1) is 11.3 Å². The van der Waals surface area contributed by atoms with Gasteiger partial charge in [0.15, 0.2) is 0 Å². The maximum Gasteiger partial charge on any atom is 0.147 e. The number of pyridine rings is 1. The molecule has 0 fully saturated rings. The molecule has 0 aliphatic rings. The predicted molar refractivity (Wildman–Crippen MR) is 85.2 cm³/mol. The summed E-state index contributed by atoms with van der Waals surface area (Å²) in [6.45, 7) is 2.09. The number of aryl methyl sites for hydroxylation is 1. The minimum Gasteiger partial charge on any atom is -0.383 e. The van der Waals surface area contributed by atoms with Gasteiger partial charge in [0.2, 0.25) is 0 Å². The van der Waals surface area contributed by atoms with Crippen molar-refractivity contribution in [3.8, 4) is 10.6 Å². The van der Waals surface area contributed by atoms with Crippen LogP contribution in [-0.2, 0) is 0 Å². The lowest BCUT2D eigenvalue weighted by Crippen LogP contribution is -1.93. The topological polar surface area (TPSA) is 43.3 Å². The minimum atomic E-state index is 0.705. The second-order valence-corrected chi connectivity index (χ2v) is 5.79. The third kappa shape index (κ3) is 1.48. The zero-order chi connectivity index (χ0) is 13.7. The van der Waals surface area contributed by atoms with Crippen LogP contribution in [0.25, 0.3) is 27.0 Å². The zero-order valence-electron chi connectivity index (χ0n) is 11.0. The van der Waals surface area contributed by atoms with E-state index >= 15 is 0 Å². The molecule has 0 atom stereocenters. The number of thiophene rings is 1. The van der Waals surface area contributed by atoms with Crippen LogP contribution in [0.5, 0.6) is 0 Å². The second kappa shape index (κ2) is 4.08. The summed E-state index contributed by atoms with van der Waals surface area (Å²) in [5.41, 5.74) is 9.32. The Labute approximate surface area is 120 Å². The summed E-state index contributed by atoms with van der Waals surface area (Å²) in [6, 6.07) is 12.4. The highest BCUT2D eigenvalue weighted by Gasteiger charge is 2.15. The Balaban J connectivity index is 2.13. The highest BCUT2D eigenvalue weighted by molar-refractivity contribution is 7.13. The number of rotatable bonds is 1. The molecule has 98 valence electrons. The fraction of sp³-hybridized carbons (Fsp3) is 0.0625. The molecule has 2 N–H and O–H groups in total. The largest absolute Gasteiger partial charge is 0.383 e. The van der Waals surface area contributed by atoms with Crippen LogP contribution in [-0.4, -0.2) is 9.38 Å². The van der Waals surface area contributed by atoms with Gasteiger partial charge in [0.25, 0.3) is 0 Å². The highest BCUT2D eigenvalue weighted by atomic mass is 32.1. The first-order valence-electron chi connectivity index (χ1n) is 6.45. The molecule has 3 nitrogen and oxygen atoms in total. The van der Waals surface area contributed by atoms with Gasteiger partial charge in [-0.05, 0) is 35.4 Å². The molecule has 4 heteroatoms. The van der Waals surface area contributed by atoms with Gasteiger partial charge in [-0.25, -0.2) is 4.98 Å². The summed E-state index contributed by atoms with van der Waals surface area (Å²) in [4.78, 5) is 5.94. The Morgan fingerprint density at radius 2 is 2.00 bits per heavy atom. The fourth-order valence-electron chi connectivity index (χ4n) is 2.57. The van der Waals surface area contributed by atoms with Crippen molar-refractivity contribution >= 4 is 33.6 Å². The maximum atomic E-state index is 6.30. The molecule has 4 aromatic rings. The third-order valence-electron chi connectivity index (χ3n) is 3.63. The molecule has 0 aliphatic carbocycles. The van der Waals surface area contributed by atoms with Crippen molar-refractivity contribution in [3.63, 3.8) is 0 Å². The van der Waals surface area contributed by atoms with Gasteiger partial charge in [0.1, 0.15) is 17.2 Å². The van der Waals surface area contributed by atoms with Crippen LogP contribution in [0.2, 0.25) is 0 Å². The van der Waals surface area contributed by atoms with Crippen molar-refractivity contribution in [1.29, 1.82) is 0 Å². The average Bonchev–Trinajstić information content (AvgIpc) is 3.03. The van der Waals surface area contributed by atoms with E-state index in [-0.39, 0.29) is 0 Å². The molecule has 0 spiro atoms. The molecule has 3 heterocycles. The normalized spacial score (nSPS) is 11.4. The number of aromatic nitrogens is 2. The number of hydrogen-bond acceptors (Lipinski definition) is 3. The van der Waals surface area contributed by atoms with Gasteiger partial charge in [-0.1, -0.05) is 24.3 Å². The van der Waals surface area contributed by atoms with Crippen molar-refractivity contribution in [3.05, 3.63) is 53.5 Å². The van der Waals surface area contributed by atoms with E-state index in [0.29, 0.717) is 5.82 Å². The summed E-state index contributed by atoms with van der Waals surface area (Å²) in [7, 11) is 0. The van der Waals surface area contributed by atoms with Gasteiger partial charge in [-0.3, -0.25) is 4.40 Å². The third-order valence-corrected chi connectivity index (χ3v) is 4.65. The SMILES string of the molecule is Cc1ccsc1-c1nc2c3ccccc3ccn2c1N. The lowest BCUT2D eigenvalue weighted by atomic mass is 10.2. The predicted octanol–water partition coefficient (Wildman–Crippen LogP) is 4.11. The van der Waals surface area contributed by atoms with Gasteiger partial charge < -0.3 is 5.73 Å². The molecule has 0 amide bonds. The van der Waals surface area contributed by atoms with Crippen molar-refractivity contribution < 1.29 is 0 Å². The summed E-state index contributed by atoms with van der Waals surface area (Å²) < 4.78 is 1.97. The molecule has 0 aliphatic heterocycles. The first-order chi connectivity index (χ1) is 9.75. The van der Waals surface area contributed by atoms with E-state index in [0.717, 1.165) is 21.6 Å². The van der Waals surface area contributed by atoms with E-state index in [1.54, 1.807) is 11.3 Å². The monoisotopic (exact) mass is 279 g/mol. The molecule has 0 radical (unpaired) electrons. The number of nitrogen functional groups attached to an aromatic ring is 1. The van der Waals surface area contributed by atoms with E-state index in [9.17, 15) is 0 Å². The minimum absolute atomic E-state index is 0.705. The van der Waals surface area contributed by atoms with E-state index in [2.05, 4.69) is 36.6 Å². The van der Waals surface area contributed by atoms with Crippen LogP contribution in [0, 0.1) is 6.92 Å². The van der Waals surface area contributed by atoms with Crippen molar-refractivity contribution in [2.24, 2.45) is 0 Å². The summed E-state index contributed by atoms with van der Waals surface area (Å²) in [5.74, 6) is 0.705. The van der Waals surface area contributed by atoms with E-state index in [4.69, 9.17) is 10.7 Å². The van der Waals surface area contributed by atoms with Gasteiger partial charge >= 0.3 is 0 Å². The summed E-state index contributed by atoms with van der Waals surface area (Å²) >= 11 is 1.68. The molecule has 0 bridgehead atoms.